The van der Waals surface area contributed by atoms with Gasteiger partial charge in [-0.3, -0.25) is 4.79 Å². The van der Waals surface area contributed by atoms with Crippen LogP contribution >= 0.6 is 0 Å². The molecule has 28 nitrogen and oxygen atoms in total. The standard InChI is InChI=1S/C38H65NO27/c1-8-16(43)22(49)24(51)35(57-8)65-31-19(46)11(4)59-37(27(31)54)66-32-23(50)20(47)13(6-40)61-38(32)62-28-15(39-12(5)42)34(60-14(7-41)21(28)48)63-30-18(45)10(3)58-36(26(30)53)64-29-17(44)9(2)56-33(55)25(29)52/h8-11,13-38,40-41,43-55H,6-7H2,1-5H3,(H,39,42)/t8-,9-,10-,11-,13+,14+,15+,16-,17-,18-,19-,20-,21+,22+,23-,24+,25+,26+,27+,28+,29+,30+,31+,32+,33?,34+,35-,36-,37-,38+/m0/s1. The summed E-state index contributed by atoms with van der Waals surface area (Å²) in [4.78, 5) is 12.8. The number of ether oxygens (including phenoxy) is 11. The number of amides is 1. The molecule has 1 amide bonds. The molecular weight excluding hydrogens is 902 g/mol. The molecule has 384 valence electrons. The molecule has 28 heteroatoms. The van der Waals surface area contributed by atoms with Crippen molar-refractivity contribution < 1.29 is 133 Å². The molecule has 16 N–H and O–H groups in total. The maximum absolute atomic E-state index is 12.8. The van der Waals surface area contributed by atoms with Gasteiger partial charge in [-0.05, 0) is 27.7 Å². The minimum absolute atomic E-state index is 0.805. The van der Waals surface area contributed by atoms with E-state index in [2.05, 4.69) is 5.32 Å². The lowest BCUT2D eigenvalue weighted by molar-refractivity contribution is -0.395. The van der Waals surface area contributed by atoms with E-state index in [1.165, 1.54) is 27.7 Å². The minimum atomic E-state index is -2.07. The predicted octanol–water partition coefficient (Wildman–Crippen LogP) is -9.85. The summed E-state index contributed by atoms with van der Waals surface area (Å²) in [7, 11) is 0. The van der Waals surface area contributed by atoms with Gasteiger partial charge in [0.05, 0.1) is 37.6 Å². The van der Waals surface area contributed by atoms with Gasteiger partial charge in [-0.15, -0.1) is 0 Å². The third-order valence-corrected chi connectivity index (χ3v) is 12.7. The number of aliphatic hydroxyl groups is 15. The molecular formula is C38H65NO27. The number of hydrogen-bond acceptors (Lipinski definition) is 27. The first-order valence-corrected chi connectivity index (χ1v) is 21.5. The van der Waals surface area contributed by atoms with Crippen molar-refractivity contribution in [2.45, 2.75) is 219 Å². The van der Waals surface area contributed by atoms with E-state index in [9.17, 15) is 81.4 Å². The Kier molecular flexibility index (Phi) is 18.1. The summed E-state index contributed by atoms with van der Waals surface area (Å²) in [6, 6.07) is -1.70. The smallest absolute Gasteiger partial charge is 0.217 e. The number of nitrogens with one attached hydrogen (secondary N) is 1. The van der Waals surface area contributed by atoms with Gasteiger partial charge in [0.1, 0.15) is 122 Å². The first-order chi connectivity index (χ1) is 31.0. The Balaban J connectivity index is 1.26. The van der Waals surface area contributed by atoms with E-state index in [4.69, 9.17) is 52.1 Å². The second-order valence-electron chi connectivity index (χ2n) is 17.4. The normalized spacial score (nSPS) is 53.9. The number of aliphatic hydroxyl groups excluding tert-OH is 15. The molecule has 6 saturated heterocycles. The van der Waals surface area contributed by atoms with Crippen LogP contribution in [0, 0.1) is 0 Å². The highest BCUT2D eigenvalue weighted by Crippen LogP contribution is 2.37. The molecule has 6 heterocycles. The summed E-state index contributed by atoms with van der Waals surface area (Å²) in [5.41, 5.74) is 0. The highest BCUT2D eigenvalue weighted by molar-refractivity contribution is 5.73. The fourth-order valence-electron chi connectivity index (χ4n) is 8.66. The first kappa shape index (κ1) is 53.8. The van der Waals surface area contributed by atoms with Crippen molar-refractivity contribution in [2.75, 3.05) is 13.2 Å². The lowest BCUT2D eigenvalue weighted by atomic mass is 9.94. The number of carbonyl (C=O) groups excluding carboxylic acids is 1. The van der Waals surface area contributed by atoms with Crippen molar-refractivity contribution in [3.63, 3.8) is 0 Å². The zero-order valence-corrected chi connectivity index (χ0v) is 36.3. The van der Waals surface area contributed by atoms with Crippen molar-refractivity contribution in [3.8, 4) is 0 Å². The maximum atomic E-state index is 12.8. The van der Waals surface area contributed by atoms with Crippen LogP contribution in [0.3, 0.4) is 0 Å². The number of carbonyl (C=O) groups is 1. The fraction of sp³-hybridized carbons (Fsp3) is 0.974. The van der Waals surface area contributed by atoms with Crippen molar-refractivity contribution >= 4 is 5.91 Å². The molecule has 0 radical (unpaired) electrons. The van der Waals surface area contributed by atoms with Gasteiger partial charge in [0.2, 0.25) is 5.91 Å². The molecule has 6 aliphatic rings. The third kappa shape index (κ3) is 11.0. The van der Waals surface area contributed by atoms with E-state index < -0.39 is 203 Å². The van der Waals surface area contributed by atoms with Crippen molar-refractivity contribution in [3.05, 3.63) is 0 Å². The quantitative estimate of drug-likeness (QED) is 0.0815. The molecule has 6 fully saturated rings. The molecule has 6 aliphatic heterocycles. The number of rotatable bonds is 13. The molecule has 0 spiro atoms. The van der Waals surface area contributed by atoms with Crippen molar-refractivity contribution in [1.29, 1.82) is 0 Å². The highest BCUT2D eigenvalue weighted by atomic mass is 16.8. The summed E-state index contributed by atoms with van der Waals surface area (Å²) < 4.78 is 63.1. The molecule has 30 atom stereocenters. The SMILES string of the molecule is CC(=O)N[C@H]1[C@@H](O[C@@H]2[C@@H](O)[C@H](C)O[C@@H](O[C@@H]3[C@@H](O)[C@H](C)OC(O)[C@@H]3O)[C@@H]2O)O[C@H](CO)[C@@H](O)[C@@H]1O[C@H]1O[C@H](CO)[C@H](O)[C@H](O)[C@H]1O[C@@H]1O[C@@H](C)[C@H](O)[C@@H](O[C@@H]2O[C@@H](C)[C@H](O)[C@@H](O)[C@H]2O)[C@H]1O. The largest absolute Gasteiger partial charge is 0.394 e. The maximum Gasteiger partial charge on any atom is 0.217 e. The van der Waals surface area contributed by atoms with Gasteiger partial charge in [0.25, 0.3) is 0 Å². The van der Waals surface area contributed by atoms with Crippen LogP contribution in [0.15, 0.2) is 0 Å². The van der Waals surface area contributed by atoms with Crippen molar-refractivity contribution in [1.82, 2.24) is 5.32 Å². The topological polar surface area (TPSA) is 434 Å². The van der Waals surface area contributed by atoms with E-state index >= 15 is 0 Å². The van der Waals surface area contributed by atoms with E-state index in [0.29, 0.717) is 0 Å². The predicted molar refractivity (Wildman–Crippen MR) is 205 cm³/mol. The molecule has 0 aromatic rings. The van der Waals surface area contributed by atoms with Crippen LogP contribution in [0.5, 0.6) is 0 Å². The summed E-state index contributed by atoms with van der Waals surface area (Å²) in [5, 5.41) is 164. The van der Waals surface area contributed by atoms with Crippen LogP contribution in [0.1, 0.15) is 34.6 Å². The van der Waals surface area contributed by atoms with Gasteiger partial charge in [-0.25, -0.2) is 0 Å². The van der Waals surface area contributed by atoms with Crippen LogP contribution in [-0.4, -0.2) is 280 Å². The summed E-state index contributed by atoms with van der Waals surface area (Å²) >= 11 is 0. The van der Waals surface area contributed by atoms with Gasteiger partial charge in [0.15, 0.2) is 37.7 Å². The second-order valence-corrected chi connectivity index (χ2v) is 17.4. The Labute approximate surface area is 376 Å². The Bertz CT molecular complexity index is 1550. The molecule has 0 bridgehead atoms. The second kappa shape index (κ2) is 22.2. The molecule has 0 aromatic carbocycles. The van der Waals surface area contributed by atoms with Crippen LogP contribution in [0.2, 0.25) is 0 Å². The van der Waals surface area contributed by atoms with Crippen LogP contribution < -0.4 is 5.32 Å². The molecule has 0 aliphatic carbocycles. The number of hydrogen-bond donors (Lipinski definition) is 16. The lowest BCUT2D eigenvalue weighted by Crippen LogP contribution is -2.70. The van der Waals surface area contributed by atoms with E-state index in [-0.39, 0.29) is 0 Å². The fourth-order valence-corrected chi connectivity index (χ4v) is 8.66. The zero-order valence-electron chi connectivity index (χ0n) is 36.3. The molecule has 66 heavy (non-hydrogen) atoms. The minimum Gasteiger partial charge on any atom is -0.394 e. The lowest BCUT2D eigenvalue weighted by Gasteiger charge is -2.51. The van der Waals surface area contributed by atoms with Gasteiger partial charge in [0, 0.05) is 6.92 Å². The molecule has 1 unspecified atom stereocenters. The van der Waals surface area contributed by atoms with Crippen LogP contribution in [0.4, 0.5) is 0 Å². The Morgan fingerprint density at radius 1 is 0.394 bits per heavy atom. The van der Waals surface area contributed by atoms with E-state index in [1.54, 1.807) is 0 Å². The van der Waals surface area contributed by atoms with Gasteiger partial charge >= 0.3 is 0 Å². The Hall–Kier alpha value is -1.57. The van der Waals surface area contributed by atoms with Crippen molar-refractivity contribution in [2.24, 2.45) is 0 Å². The average Bonchev–Trinajstić information content (AvgIpc) is 3.27. The molecule has 6 rings (SSSR count). The summed E-state index contributed by atoms with van der Waals surface area (Å²) in [6.07, 6.45) is -49.7. The zero-order chi connectivity index (χ0) is 48.8. The summed E-state index contributed by atoms with van der Waals surface area (Å²) in [6.45, 7) is 4.57. The molecule has 0 aromatic heterocycles. The van der Waals surface area contributed by atoms with Crippen LogP contribution in [-0.2, 0) is 56.9 Å². The van der Waals surface area contributed by atoms with E-state index in [0.717, 1.165) is 6.92 Å². The monoisotopic (exact) mass is 967 g/mol. The highest BCUT2D eigenvalue weighted by Gasteiger charge is 2.57. The molecule has 0 saturated carbocycles. The first-order valence-electron chi connectivity index (χ1n) is 21.5. The average molecular weight is 968 g/mol. The van der Waals surface area contributed by atoms with Gasteiger partial charge in [-0.1, -0.05) is 0 Å². The third-order valence-electron chi connectivity index (χ3n) is 12.7. The summed E-state index contributed by atoms with van der Waals surface area (Å²) in [5.74, 6) is -0.805. The Morgan fingerprint density at radius 3 is 1.29 bits per heavy atom. The van der Waals surface area contributed by atoms with Gasteiger partial charge < -0.3 is 134 Å². The van der Waals surface area contributed by atoms with Crippen LogP contribution in [0.25, 0.3) is 0 Å². The van der Waals surface area contributed by atoms with E-state index in [1.807, 2.05) is 0 Å². The van der Waals surface area contributed by atoms with Gasteiger partial charge in [-0.2, -0.15) is 0 Å². The Morgan fingerprint density at radius 2 is 0.788 bits per heavy atom.